The molecule has 2 aromatic rings. The molecule has 2 fully saturated rings. The molecular weight excluding hydrogens is 449 g/mol. The van der Waals surface area contributed by atoms with Crippen LogP contribution in [-0.4, -0.2) is 66.5 Å². The number of rotatable bonds is 6. The van der Waals surface area contributed by atoms with E-state index in [9.17, 15) is 19.2 Å². The van der Waals surface area contributed by atoms with Crippen LogP contribution in [0.25, 0.3) is 0 Å². The van der Waals surface area contributed by atoms with Crippen LogP contribution in [0.15, 0.2) is 42.5 Å². The minimum Gasteiger partial charge on any atom is -0.489 e. The normalized spacial score (nSPS) is 22.3. The van der Waals surface area contributed by atoms with E-state index in [-0.39, 0.29) is 30.7 Å². The lowest BCUT2D eigenvalue weighted by Gasteiger charge is -2.31. The number of hydrogen-bond acceptors (Lipinski definition) is 6. The van der Waals surface area contributed by atoms with Gasteiger partial charge in [-0.25, -0.2) is 0 Å². The van der Waals surface area contributed by atoms with Crippen molar-refractivity contribution in [2.75, 3.05) is 13.2 Å². The second kappa shape index (κ2) is 9.54. The zero-order valence-electron chi connectivity index (χ0n) is 19.5. The molecule has 3 aliphatic rings. The first-order chi connectivity index (χ1) is 16.9. The number of morpholine rings is 1. The number of ether oxygens (including phenoxy) is 2. The molecule has 9 nitrogen and oxygen atoms in total. The number of imide groups is 1. The standard InChI is InChI=1S/C25H26BN3O6/c26-22-25(33)28(10-11-34-22)12-15-4-6-16(7-5-15)14-35-20-3-1-2-17-18(20)13-29(24(17)32)19-8-9-21(30)27-23(19)31/h1-7,19,22H,8-14,26H2,(H,27,30,31). The van der Waals surface area contributed by atoms with E-state index in [0.29, 0.717) is 44.0 Å². The van der Waals surface area contributed by atoms with Gasteiger partial charge in [0.25, 0.3) is 5.91 Å². The number of carbonyl (C=O) groups excluding carboxylic acids is 4. The lowest BCUT2D eigenvalue weighted by Crippen LogP contribution is -2.52. The van der Waals surface area contributed by atoms with Crippen molar-refractivity contribution in [2.45, 2.75) is 44.6 Å². The quantitative estimate of drug-likeness (QED) is 0.478. The van der Waals surface area contributed by atoms with Gasteiger partial charge >= 0.3 is 0 Å². The van der Waals surface area contributed by atoms with Crippen LogP contribution >= 0.6 is 0 Å². The van der Waals surface area contributed by atoms with E-state index in [4.69, 9.17) is 9.47 Å². The maximum atomic E-state index is 13.0. The molecule has 0 aromatic heterocycles. The molecular formula is C25H26BN3O6. The lowest BCUT2D eigenvalue weighted by atomic mass is 9.97. The third-order valence-electron chi connectivity index (χ3n) is 6.72. The van der Waals surface area contributed by atoms with E-state index in [1.165, 1.54) is 4.90 Å². The smallest absolute Gasteiger partial charge is 0.255 e. The molecule has 3 aliphatic heterocycles. The van der Waals surface area contributed by atoms with Gasteiger partial charge in [-0.3, -0.25) is 24.5 Å². The second-order valence-electron chi connectivity index (χ2n) is 9.06. The van der Waals surface area contributed by atoms with Gasteiger partial charge in [0, 0.05) is 30.6 Å². The summed E-state index contributed by atoms with van der Waals surface area (Å²) in [5.74, 6) is -0.365. The van der Waals surface area contributed by atoms with Gasteiger partial charge in [0.05, 0.1) is 13.2 Å². The van der Waals surface area contributed by atoms with Crippen molar-refractivity contribution >= 4 is 31.5 Å². The van der Waals surface area contributed by atoms with Crippen molar-refractivity contribution < 1.29 is 28.7 Å². The lowest BCUT2D eigenvalue weighted by molar-refractivity contribution is -0.147. The highest BCUT2D eigenvalue weighted by atomic mass is 16.5. The fourth-order valence-electron chi connectivity index (χ4n) is 4.75. The number of piperidine rings is 1. The summed E-state index contributed by atoms with van der Waals surface area (Å²) in [4.78, 5) is 52.3. The van der Waals surface area contributed by atoms with Crippen molar-refractivity contribution in [1.82, 2.24) is 15.1 Å². The van der Waals surface area contributed by atoms with E-state index in [0.717, 1.165) is 16.7 Å². The van der Waals surface area contributed by atoms with Crippen LogP contribution in [0, 0.1) is 0 Å². The van der Waals surface area contributed by atoms with E-state index >= 15 is 0 Å². The summed E-state index contributed by atoms with van der Waals surface area (Å²) in [6.07, 6.45) is 0.538. The summed E-state index contributed by atoms with van der Waals surface area (Å²) in [6, 6.07) is 12.2. The zero-order valence-corrected chi connectivity index (χ0v) is 19.5. The third kappa shape index (κ3) is 4.66. The number of hydrogen-bond donors (Lipinski definition) is 1. The summed E-state index contributed by atoms with van der Waals surface area (Å²) < 4.78 is 11.4. The van der Waals surface area contributed by atoms with Crippen molar-refractivity contribution in [3.05, 3.63) is 64.7 Å². The first-order valence-corrected chi connectivity index (χ1v) is 11.8. The molecule has 10 heteroatoms. The van der Waals surface area contributed by atoms with Crippen molar-refractivity contribution in [3.63, 3.8) is 0 Å². The Morgan fingerprint density at radius 3 is 2.60 bits per heavy atom. The molecule has 180 valence electrons. The highest BCUT2D eigenvalue weighted by molar-refractivity contribution is 6.23. The van der Waals surface area contributed by atoms with Gasteiger partial charge in [0.1, 0.15) is 24.4 Å². The fraction of sp³-hybridized carbons (Fsp3) is 0.360. The van der Waals surface area contributed by atoms with Crippen LogP contribution < -0.4 is 10.1 Å². The Hall–Kier alpha value is -3.66. The van der Waals surface area contributed by atoms with E-state index in [1.807, 2.05) is 30.3 Å². The van der Waals surface area contributed by atoms with Crippen LogP contribution in [0.3, 0.4) is 0 Å². The fourth-order valence-corrected chi connectivity index (χ4v) is 4.75. The first-order valence-electron chi connectivity index (χ1n) is 11.8. The average Bonchev–Trinajstić information content (AvgIpc) is 3.18. The van der Waals surface area contributed by atoms with Crippen LogP contribution in [0.1, 0.15) is 39.9 Å². The Balaban J connectivity index is 1.23. The van der Waals surface area contributed by atoms with Gasteiger partial charge in [-0.05, 0) is 29.7 Å². The van der Waals surface area contributed by atoms with Crippen LogP contribution in [0.5, 0.6) is 5.75 Å². The van der Waals surface area contributed by atoms with Gasteiger partial charge < -0.3 is 19.3 Å². The highest BCUT2D eigenvalue weighted by Gasteiger charge is 2.40. The number of benzene rings is 2. The maximum absolute atomic E-state index is 13.0. The van der Waals surface area contributed by atoms with E-state index in [2.05, 4.69) is 5.32 Å². The largest absolute Gasteiger partial charge is 0.489 e. The monoisotopic (exact) mass is 475 g/mol. The molecule has 2 saturated heterocycles. The van der Waals surface area contributed by atoms with Gasteiger partial charge in [-0.2, -0.15) is 0 Å². The van der Waals surface area contributed by atoms with Gasteiger partial charge in [-0.15, -0.1) is 0 Å². The Bertz CT molecular complexity index is 1180. The van der Waals surface area contributed by atoms with Crippen LogP contribution in [0.2, 0.25) is 0 Å². The molecule has 3 heterocycles. The minimum atomic E-state index is -0.658. The minimum absolute atomic E-state index is 0.00231. The van der Waals surface area contributed by atoms with E-state index in [1.54, 1.807) is 24.9 Å². The first kappa shape index (κ1) is 23.1. The van der Waals surface area contributed by atoms with Gasteiger partial charge in [0.2, 0.25) is 17.7 Å². The Labute approximate surface area is 203 Å². The SMILES string of the molecule is BC1OCCN(Cc2ccc(COc3cccc4c3CN(C3CCC(=O)NC3=O)C4=O)cc2)C1=O. The molecule has 0 saturated carbocycles. The summed E-state index contributed by atoms with van der Waals surface area (Å²) in [5.41, 5.74) is 3.26. The second-order valence-corrected chi connectivity index (χ2v) is 9.06. The average molecular weight is 475 g/mol. The Morgan fingerprint density at radius 2 is 1.83 bits per heavy atom. The number of nitrogens with zero attached hydrogens (tertiary/aromatic N) is 2. The molecule has 2 unspecified atom stereocenters. The predicted octanol–water partition coefficient (Wildman–Crippen LogP) is 0.345. The third-order valence-corrected chi connectivity index (χ3v) is 6.72. The van der Waals surface area contributed by atoms with E-state index < -0.39 is 18.0 Å². The van der Waals surface area contributed by atoms with Crippen molar-refractivity contribution in [3.8, 4) is 5.75 Å². The Morgan fingerprint density at radius 1 is 1.06 bits per heavy atom. The summed E-state index contributed by atoms with van der Waals surface area (Å²) >= 11 is 0. The molecule has 0 bridgehead atoms. The van der Waals surface area contributed by atoms with Gasteiger partial charge in [-0.1, -0.05) is 30.3 Å². The van der Waals surface area contributed by atoms with Crippen molar-refractivity contribution in [2.24, 2.45) is 0 Å². The molecule has 1 N–H and O–H groups in total. The number of fused-ring (bicyclic) bond motifs is 1. The molecule has 35 heavy (non-hydrogen) atoms. The summed E-state index contributed by atoms with van der Waals surface area (Å²) in [7, 11) is 1.77. The summed E-state index contributed by atoms with van der Waals surface area (Å²) in [5, 5.41) is 2.32. The molecule has 0 aliphatic carbocycles. The molecule has 0 spiro atoms. The molecule has 2 aromatic carbocycles. The van der Waals surface area contributed by atoms with Crippen LogP contribution in [0.4, 0.5) is 0 Å². The van der Waals surface area contributed by atoms with Crippen LogP contribution in [-0.2, 0) is 38.8 Å². The molecule has 4 amide bonds. The molecule has 5 rings (SSSR count). The van der Waals surface area contributed by atoms with Crippen molar-refractivity contribution in [1.29, 1.82) is 0 Å². The predicted molar refractivity (Wildman–Crippen MR) is 127 cm³/mol. The highest BCUT2D eigenvalue weighted by Crippen LogP contribution is 2.34. The number of amides is 4. The maximum Gasteiger partial charge on any atom is 0.255 e. The topological polar surface area (TPSA) is 105 Å². The Kier molecular flexibility index (Phi) is 6.30. The number of carbonyl (C=O) groups is 4. The molecule has 2 atom stereocenters. The zero-order chi connectivity index (χ0) is 24.5. The van der Waals surface area contributed by atoms with Gasteiger partial charge in [0.15, 0.2) is 7.85 Å². The molecule has 0 radical (unpaired) electrons. The number of nitrogens with one attached hydrogen (secondary N) is 1. The summed E-state index contributed by atoms with van der Waals surface area (Å²) in [6.45, 7) is 2.25.